The van der Waals surface area contributed by atoms with Crippen LogP contribution in [0.5, 0.6) is 0 Å². The van der Waals surface area contributed by atoms with Crippen LogP contribution in [-0.2, 0) is 0 Å². The van der Waals surface area contributed by atoms with Crippen molar-refractivity contribution in [3.8, 4) is 6.07 Å². The van der Waals surface area contributed by atoms with Gasteiger partial charge in [0.15, 0.2) is 0 Å². The monoisotopic (exact) mass is 185 g/mol. The largest absolute Gasteiger partial charge is 0.198 e. The zero-order valence-electron chi connectivity index (χ0n) is 8.01. The van der Waals surface area contributed by atoms with Crippen LogP contribution in [0.4, 0.5) is 0 Å². The second-order valence-corrected chi connectivity index (χ2v) is 4.16. The third kappa shape index (κ3) is 9.84. The van der Waals surface area contributed by atoms with Crippen LogP contribution in [-0.4, -0.2) is 11.5 Å². The van der Waals surface area contributed by atoms with Gasteiger partial charge in [-0.05, 0) is 24.3 Å². The molecule has 0 rings (SSSR count). The summed E-state index contributed by atoms with van der Waals surface area (Å²) in [6.45, 7) is 2.24. The van der Waals surface area contributed by atoms with E-state index in [2.05, 4.69) is 13.0 Å². The molecule has 0 radical (unpaired) electrons. The molecule has 70 valence electrons. The Morgan fingerprint density at radius 2 is 1.83 bits per heavy atom. The fourth-order valence-corrected chi connectivity index (χ4v) is 1.95. The first-order valence-electron chi connectivity index (χ1n) is 4.86. The van der Waals surface area contributed by atoms with E-state index >= 15 is 0 Å². The summed E-state index contributed by atoms with van der Waals surface area (Å²) in [5.41, 5.74) is 0. The summed E-state index contributed by atoms with van der Waals surface area (Å²) in [7, 11) is 0. The predicted octanol–water partition coefficient (Wildman–Crippen LogP) is 3.60. The van der Waals surface area contributed by atoms with Gasteiger partial charge in [0, 0.05) is 6.42 Å². The number of hydrogen-bond donors (Lipinski definition) is 0. The Hall–Kier alpha value is -0.160. The lowest BCUT2D eigenvalue weighted by molar-refractivity contribution is 0.706. The summed E-state index contributed by atoms with van der Waals surface area (Å²) in [5.74, 6) is 2.45. The van der Waals surface area contributed by atoms with Gasteiger partial charge in [0.1, 0.15) is 0 Å². The van der Waals surface area contributed by atoms with Crippen molar-refractivity contribution in [3.63, 3.8) is 0 Å². The van der Waals surface area contributed by atoms with Crippen molar-refractivity contribution in [3.05, 3.63) is 0 Å². The van der Waals surface area contributed by atoms with Crippen LogP contribution in [0.1, 0.15) is 45.4 Å². The van der Waals surface area contributed by atoms with Gasteiger partial charge in [-0.3, -0.25) is 0 Å². The predicted molar refractivity (Wildman–Crippen MR) is 56.3 cm³/mol. The van der Waals surface area contributed by atoms with E-state index in [1.165, 1.54) is 37.2 Å². The lowest BCUT2D eigenvalue weighted by Gasteiger charge is -1.98. The van der Waals surface area contributed by atoms with Gasteiger partial charge >= 0.3 is 0 Å². The van der Waals surface area contributed by atoms with E-state index in [1.807, 2.05) is 11.8 Å². The highest BCUT2D eigenvalue weighted by atomic mass is 32.2. The zero-order chi connectivity index (χ0) is 9.07. The number of unbranched alkanes of at least 4 members (excludes halogenated alkanes) is 4. The van der Waals surface area contributed by atoms with Crippen molar-refractivity contribution in [1.29, 1.82) is 5.26 Å². The minimum atomic E-state index is 0.724. The molecule has 0 bridgehead atoms. The molecule has 0 spiro atoms. The minimum absolute atomic E-state index is 0.724. The van der Waals surface area contributed by atoms with Gasteiger partial charge in [-0.2, -0.15) is 17.0 Å². The summed E-state index contributed by atoms with van der Waals surface area (Å²) in [4.78, 5) is 0. The third-order valence-electron chi connectivity index (χ3n) is 1.72. The first-order chi connectivity index (χ1) is 5.91. The molecule has 0 unspecified atom stereocenters. The Labute approximate surface area is 80.5 Å². The van der Waals surface area contributed by atoms with Crippen molar-refractivity contribution in [2.75, 3.05) is 11.5 Å². The molecule has 2 heteroatoms. The van der Waals surface area contributed by atoms with Crippen LogP contribution in [0.25, 0.3) is 0 Å². The van der Waals surface area contributed by atoms with Crippen LogP contribution < -0.4 is 0 Å². The highest BCUT2D eigenvalue weighted by Crippen LogP contribution is 2.09. The summed E-state index contributed by atoms with van der Waals surface area (Å²) < 4.78 is 0. The summed E-state index contributed by atoms with van der Waals surface area (Å²) >= 11 is 1.99. The molecule has 0 aliphatic heterocycles. The molecule has 1 nitrogen and oxygen atoms in total. The molecule has 0 aliphatic rings. The Morgan fingerprint density at radius 3 is 2.50 bits per heavy atom. The number of nitriles is 1. The molecule has 0 fully saturated rings. The second-order valence-electron chi connectivity index (χ2n) is 2.93. The molecule has 0 aromatic heterocycles. The van der Waals surface area contributed by atoms with Crippen molar-refractivity contribution < 1.29 is 0 Å². The van der Waals surface area contributed by atoms with Gasteiger partial charge in [0.05, 0.1) is 6.07 Å². The Kier molecular flexibility index (Phi) is 10.7. The quantitative estimate of drug-likeness (QED) is 0.539. The normalized spacial score (nSPS) is 9.67. The topological polar surface area (TPSA) is 23.8 Å². The SMILES string of the molecule is CCCCCCSCCCC#N. The molecule has 0 aromatic carbocycles. The lowest BCUT2D eigenvalue weighted by Crippen LogP contribution is -1.84. The average Bonchev–Trinajstić information content (AvgIpc) is 2.10. The standard InChI is InChI=1S/C10H19NS/c1-2-3-4-6-9-12-10-7-5-8-11/h2-7,9-10H2,1H3. The van der Waals surface area contributed by atoms with E-state index in [9.17, 15) is 0 Å². The van der Waals surface area contributed by atoms with E-state index in [0.717, 1.165) is 12.8 Å². The van der Waals surface area contributed by atoms with Gasteiger partial charge in [0.2, 0.25) is 0 Å². The van der Waals surface area contributed by atoms with Crippen molar-refractivity contribution >= 4 is 11.8 Å². The van der Waals surface area contributed by atoms with E-state index in [4.69, 9.17) is 5.26 Å². The molecule has 0 heterocycles. The van der Waals surface area contributed by atoms with Gasteiger partial charge in [0.25, 0.3) is 0 Å². The Balaban J connectivity index is 2.78. The first kappa shape index (κ1) is 11.8. The van der Waals surface area contributed by atoms with Crippen molar-refractivity contribution in [2.45, 2.75) is 45.4 Å². The minimum Gasteiger partial charge on any atom is -0.198 e. The van der Waals surface area contributed by atoms with Gasteiger partial charge in [-0.15, -0.1) is 0 Å². The third-order valence-corrected chi connectivity index (χ3v) is 2.87. The molecular weight excluding hydrogens is 166 g/mol. The van der Waals surface area contributed by atoms with Gasteiger partial charge in [-0.25, -0.2) is 0 Å². The van der Waals surface area contributed by atoms with Crippen LogP contribution in [0.2, 0.25) is 0 Å². The molecule has 0 saturated heterocycles. The maximum atomic E-state index is 8.28. The van der Waals surface area contributed by atoms with E-state index in [-0.39, 0.29) is 0 Å². The molecule has 12 heavy (non-hydrogen) atoms. The van der Waals surface area contributed by atoms with E-state index in [1.54, 1.807) is 0 Å². The Morgan fingerprint density at radius 1 is 1.08 bits per heavy atom. The number of hydrogen-bond acceptors (Lipinski definition) is 2. The van der Waals surface area contributed by atoms with Crippen LogP contribution in [0.15, 0.2) is 0 Å². The maximum absolute atomic E-state index is 8.28. The Bertz CT molecular complexity index is 117. The van der Waals surface area contributed by atoms with Crippen LogP contribution in [0.3, 0.4) is 0 Å². The first-order valence-corrected chi connectivity index (χ1v) is 6.02. The van der Waals surface area contributed by atoms with E-state index in [0.29, 0.717) is 0 Å². The molecule has 0 aromatic rings. The summed E-state index contributed by atoms with van der Waals surface area (Å²) in [6, 6.07) is 2.17. The lowest BCUT2D eigenvalue weighted by atomic mass is 10.2. The van der Waals surface area contributed by atoms with Crippen molar-refractivity contribution in [2.24, 2.45) is 0 Å². The fraction of sp³-hybridized carbons (Fsp3) is 0.900. The molecule has 0 amide bonds. The van der Waals surface area contributed by atoms with E-state index < -0.39 is 0 Å². The molecule has 0 atom stereocenters. The van der Waals surface area contributed by atoms with Gasteiger partial charge < -0.3 is 0 Å². The summed E-state index contributed by atoms with van der Waals surface area (Å²) in [5, 5.41) is 8.28. The smallest absolute Gasteiger partial charge is 0.0622 e. The molecular formula is C10H19NS. The average molecular weight is 185 g/mol. The fourth-order valence-electron chi connectivity index (χ4n) is 0.986. The highest BCUT2D eigenvalue weighted by Gasteiger charge is 1.90. The second kappa shape index (κ2) is 10.8. The molecule has 0 aliphatic carbocycles. The van der Waals surface area contributed by atoms with Crippen LogP contribution in [0, 0.1) is 11.3 Å². The maximum Gasteiger partial charge on any atom is 0.0622 e. The van der Waals surface area contributed by atoms with Gasteiger partial charge in [-0.1, -0.05) is 26.2 Å². The highest BCUT2D eigenvalue weighted by molar-refractivity contribution is 7.99. The molecule has 0 saturated carbocycles. The van der Waals surface area contributed by atoms with Crippen molar-refractivity contribution in [1.82, 2.24) is 0 Å². The van der Waals surface area contributed by atoms with Crippen LogP contribution >= 0.6 is 11.8 Å². The zero-order valence-corrected chi connectivity index (χ0v) is 8.83. The number of nitrogens with zero attached hydrogens (tertiary/aromatic N) is 1. The molecule has 0 N–H and O–H groups in total. The summed E-state index contributed by atoms with van der Waals surface area (Å²) in [6.07, 6.45) is 7.21. The number of rotatable bonds is 8. The number of thioether (sulfide) groups is 1.